The second-order valence-corrected chi connectivity index (χ2v) is 8.72. The van der Waals surface area contributed by atoms with Crippen molar-refractivity contribution < 1.29 is 9.59 Å². The van der Waals surface area contributed by atoms with Gasteiger partial charge >= 0.3 is 0 Å². The predicted molar refractivity (Wildman–Crippen MR) is 122 cm³/mol. The summed E-state index contributed by atoms with van der Waals surface area (Å²) in [6, 6.07) is 23.5. The molecule has 1 saturated carbocycles. The van der Waals surface area contributed by atoms with Crippen LogP contribution in [0.15, 0.2) is 72.8 Å². The number of benzene rings is 3. The van der Waals surface area contributed by atoms with Crippen molar-refractivity contribution in [2.75, 3.05) is 5.32 Å². The van der Waals surface area contributed by atoms with Crippen LogP contribution in [-0.2, 0) is 4.79 Å². The molecule has 1 N–H and O–H groups in total. The highest BCUT2D eigenvalue weighted by Crippen LogP contribution is 2.48. The Bertz CT molecular complexity index is 1150. The minimum absolute atomic E-state index is 0.0315. The Kier molecular flexibility index (Phi) is 4.85. The highest BCUT2D eigenvalue weighted by molar-refractivity contribution is 6.04. The number of hydrogen-bond donors (Lipinski definition) is 1. The smallest absolute Gasteiger partial charge is 0.254 e. The van der Waals surface area contributed by atoms with Crippen molar-refractivity contribution in [1.82, 2.24) is 4.90 Å². The van der Waals surface area contributed by atoms with Crippen LogP contribution in [0.1, 0.15) is 57.4 Å². The summed E-state index contributed by atoms with van der Waals surface area (Å²) >= 11 is 0. The van der Waals surface area contributed by atoms with Crippen LogP contribution in [0.4, 0.5) is 5.69 Å². The highest BCUT2D eigenvalue weighted by atomic mass is 16.2. The number of rotatable bonds is 4. The first-order chi connectivity index (χ1) is 15.0. The van der Waals surface area contributed by atoms with Gasteiger partial charge in [-0.25, -0.2) is 0 Å². The molecule has 0 aromatic heterocycles. The second kappa shape index (κ2) is 7.69. The average Bonchev–Trinajstić information content (AvgIpc) is 3.60. The summed E-state index contributed by atoms with van der Waals surface area (Å²) in [5.74, 6) is -0.525. The number of carbonyl (C=O) groups excluding carboxylic acids is 2. The monoisotopic (exact) mass is 410 g/mol. The van der Waals surface area contributed by atoms with Crippen LogP contribution in [0.2, 0.25) is 0 Å². The number of hydrogen-bond acceptors (Lipinski definition) is 2. The van der Waals surface area contributed by atoms with Gasteiger partial charge in [-0.05, 0) is 56.0 Å². The van der Waals surface area contributed by atoms with E-state index in [0.717, 1.165) is 40.8 Å². The van der Waals surface area contributed by atoms with Crippen LogP contribution < -0.4 is 5.32 Å². The molecule has 31 heavy (non-hydrogen) atoms. The molecule has 5 rings (SSSR count). The molecule has 0 saturated heterocycles. The normalized spacial score (nSPS) is 20.3. The lowest BCUT2D eigenvalue weighted by atomic mass is 9.78. The van der Waals surface area contributed by atoms with Crippen molar-refractivity contribution in [3.8, 4) is 0 Å². The number of anilines is 1. The molecular weight excluding hydrogens is 384 g/mol. The summed E-state index contributed by atoms with van der Waals surface area (Å²) in [7, 11) is 0. The van der Waals surface area contributed by atoms with E-state index in [1.54, 1.807) is 0 Å². The molecule has 156 valence electrons. The quantitative estimate of drug-likeness (QED) is 0.627. The van der Waals surface area contributed by atoms with Gasteiger partial charge < -0.3 is 10.2 Å². The van der Waals surface area contributed by atoms with Crippen LogP contribution in [-0.4, -0.2) is 22.8 Å². The fourth-order valence-electron chi connectivity index (χ4n) is 4.65. The lowest BCUT2D eigenvalue weighted by Gasteiger charge is -2.42. The van der Waals surface area contributed by atoms with Crippen molar-refractivity contribution in [3.05, 3.63) is 101 Å². The lowest BCUT2D eigenvalue weighted by Crippen LogP contribution is -2.47. The standard InChI is InChI=1S/C27H26N2O2/c1-17-10-12-20(13-11-17)28-26(30)24-22-8-3-4-9-23(22)27(31)29(21-14-15-21)25(24)19-7-5-6-18(2)16-19/h3-13,16,21,24-25H,14-15H2,1-2H3,(H,28,30). The van der Waals surface area contributed by atoms with Gasteiger partial charge in [-0.1, -0.05) is 65.7 Å². The van der Waals surface area contributed by atoms with Crippen LogP contribution in [0.3, 0.4) is 0 Å². The molecule has 1 heterocycles. The molecule has 3 aromatic rings. The molecule has 2 amide bonds. The van der Waals surface area contributed by atoms with Gasteiger partial charge in [-0.3, -0.25) is 9.59 Å². The first-order valence-electron chi connectivity index (χ1n) is 10.9. The minimum Gasteiger partial charge on any atom is -0.327 e. The third kappa shape index (κ3) is 3.63. The molecule has 4 heteroatoms. The largest absolute Gasteiger partial charge is 0.327 e. The van der Waals surface area contributed by atoms with E-state index in [0.29, 0.717) is 5.56 Å². The Morgan fingerprint density at radius 3 is 2.35 bits per heavy atom. The third-order valence-corrected chi connectivity index (χ3v) is 6.30. The van der Waals surface area contributed by atoms with Gasteiger partial charge in [-0.2, -0.15) is 0 Å². The van der Waals surface area contributed by atoms with Crippen molar-refractivity contribution in [2.45, 2.75) is 44.7 Å². The molecular formula is C27H26N2O2. The van der Waals surface area contributed by atoms with Crippen LogP contribution >= 0.6 is 0 Å². The number of carbonyl (C=O) groups is 2. The van der Waals surface area contributed by atoms with Crippen molar-refractivity contribution >= 4 is 17.5 Å². The predicted octanol–water partition coefficient (Wildman–Crippen LogP) is 5.39. The molecule has 1 aliphatic carbocycles. The Morgan fingerprint density at radius 1 is 0.903 bits per heavy atom. The number of fused-ring (bicyclic) bond motifs is 1. The topological polar surface area (TPSA) is 49.4 Å². The van der Waals surface area contributed by atoms with Gasteiger partial charge in [0, 0.05) is 17.3 Å². The van der Waals surface area contributed by atoms with E-state index < -0.39 is 5.92 Å². The second-order valence-electron chi connectivity index (χ2n) is 8.72. The number of nitrogens with zero attached hydrogens (tertiary/aromatic N) is 1. The lowest BCUT2D eigenvalue weighted by molar-refractivity contribution is -0.119. The van der Waals surface area contributed by atoms with Gasteiger partial charge in [0.1, 0.15) is 0 Å². The highest BCUT2D eigenvalue weighted by Gasteiger charge is 2.49. The van der Waals surface area contributed by atoms with Crippen LogP contribution in [0.25, 0.3) is 0 Å². The molecule has 2 atom stereocenters. The van der Waals surface area contributed by atoms with E-state index in [2.05, 4.69) is 11.4 Å². The minimum atomic E-state index is -0.474. The number of nitrogens with one attached hydrogen (secondary N) is 1. The van der Waals surface area contributed by atoms with E-state index >= 15 is 0 Å². The van der Waals surface area contributed by atoms with E-state index in [1.165, 1.54) is 0 Å². The molecule has 0 radical (unpaired) electrons. The average molecular weight is 411 g/mol. The summed E-state index contributed by atoms with van der Waals surface area (Å²) < 4.78 is 0. The van der Waals surface area contributed by atoms with Gasteiger partial charge in [0.05, 0.1) is 12.0 Å². The maximum Gasteiger partial charge on any atom is 0.254 e. The molecule has 1 aliphatic heterocycles. The maximum absolute atomic E-state index is 13.7. The molecule has 0 spiro atoms. The molecule has 4 nitrogen and oxygen atoms in total. The van der Waals surface area contributed by atoms with Crippen LogP contribution in [0.5, 0.6) is 0 Å². The fourth-order valence-corrected chi connectivity index (χ4v) is 4.65. The van der Waals surface area contributed by atoms with Crippen molar-refractivity contribution in [3.63, 3.8) is 0 Å². The first-order valence-corrected chi connectivity index (χ1v) is 10.9. The van der Waals surface area contributed by atoms with Gasteiger partial charge in [0.25, 0.3) is 5.91 Å². The molecule has 0 bridgehead atoms. The molecule has 3 aromatic carbocycles. The number of amides is 2. The van der Waals surface area contributed by atoms with Crippen molar-refractivity contribution in [1.29, 1.82) is 0 Å². The van der Waals surface area contributed by atoms with E-state index in [4.69, 9.17) is 0 Å². The summed E-state index contributed by atoms with van der Waals surface area (Å²) in [5, 5.41) is 3.11. The fraction of sp³-hybridized carbons (Fsp3) is 0.259. The Balaban J connectivity index is 1.63. The SMILES string of the molecule is Cc1ccc(NC(=O)C2c3ccccc3C(=O)N(C3CC3)C2c2cccc(C)c2)cc1. The summed E-state index contributed by atoms with van der Waals surface area (Å²) in [4.78, 5) is 29.2. The zero-order valence-electron chi connectivity index (χ0n) is 17.8. The van der Waals surface area contributed by atoms with Gasteiger partial charge in [0.2, 0.25) is 5.91 Å². The van der Waals surface area contributed by atoms with E-state index in [9.17, 15) is 9.59 Å². The Morgan fingerprint density at radius 2 is 1.65 bits per heavy atom. The Labute approximate surface area is 182 Å². The van der Waals surface area contributed by atoms with Gasteiger partial charge in [-0.15, -0.1) is 0 Å². The number of aryl methyl sites for hydroxylation is 2. The molecule has 1 fully saturated rings. The molecule has 2 aliphatic rings. The maximum atomic E-state index is 13.7. The third-order valence-electron chi connectivity index (χ3n) is 6.30. The zero-order chi connectivity index (χ0) is 21.5. The Hall–Kier alpha value is -3.40. The van der Waals surface area contributed by atoms with E-state index in [-0.39, 0.29) is 23.9 Å². The van der Waals surface area contributed by atoms with E-state index in [1.807, 2.05) is 85.5 Å². The summed E-state index contributed by atoms with van der Waals surface area (Å²) in [6.45, 7) is 4.07. The summed E-state index contributed by atoms with van der Waals surface area (Å²) in [6.07, 6.45) is 1.98. The molecule has 2 unspecified atom stereocenters. The first kappa shape index (κ1) is 19.6. The van der Waals surface area contributed by atoms with Crippen LogP contribution in [0, 0.1) is 13.8 Å². The zero-order valence-corrected chi connectivity index (χ0v) is 17.8. The van der Waals surface area contributed by atoms with Gasteiger partial charge in [0.15, 0.2) is 0 Å². The van der Waals surface area contributed by atoms with Crippen molar-refractivity contribution in [2.24, 2.45) is 0 Å². The summed E-state index contributed by atoms with van der Waals surface area (Å²) in [5.41, 5.74) is 5.49.